The van der Waals surface area contributed by atoms with E-state index in [2.05, 4.69) is 16.0 Å². The van der Waals surface area contributed by atoms with Gasteiger partial charge in [-0.2, -0.15) is 0 Å². The van der Waals surface area contributed by atoms with E-state index >= 15 is 0 Å². The Hall–Kier alpha value is -3.87. The second kappa shape index (κ2) is 9.36. The van der Waals surface area contributed by atoms with Crippen LogP contribution in [0.2, 0.25) is 0 Å². The zero-order valence-electron chi connectivity index (χ0n) is 15.9. The molecule has 7 nitrogen and oxygen atoms in total. The van der Waals surface area contributed by atoms with Crippen molar-refractivity contribution in [1.82, 2.24) is 16.0 Å². The molecule has 0 fully saturated rings. The van der Waals surface area contributed by atoms with Gasteiger partial charge in [-0.1, -0.05) is 36.4 Å². The minimum absolute atomic E-state index is 0.117. The van der Waals surface area contributed by atoms with Crippen molar-refractivity contribution in [2.24, 2.45) is 0 Å². The monoisotopic (exact) mass is 391 g/mol. The fraction of sp³-hybridized carbons (Fsp3) is 0.136. The molecule has 0 saturated heterocycles. The summed E-state index contributed by atoms with van der Waals surface area (Å²) in [6.07, 6.45) is 0. The van der Waals surface area contributed by atoms with Crippen molar-refractivity contribution in [2.75, 3.05) is 13.6 Å². The Labute approximate surface area is 168 Å². The van der Waals surface area contributed by atoms with Gasteiger partial charge < -0.3 is 20.4 Å². The zero-order valence-corrected chi connectivity index (χ0v) is 15.9. The van der Waals surface area contributed by atoms with Crippen LogP contribution in [-0.2, 0) is 11.3 Å². The first-order chi connectivity index (χ1) is 14.1. The van der Waals surface area contributed by atoms with Crippen LogP contribution >= 0.6 is 0 Å². The van der Waals surface area contributed by atoms with Crippen molar-refractivity contribution in [3.63, 3.8) is 0 Å². The fourth-order valence-corrected chi connectivity index (χ4v) is 2.66. The molecule has 148 valence electrons. The van der Waals surface area contributed by atoms with Gasteiger partial charge in [-0.3, -0.25) is 14.4 Å². The number of hydrogen-bond donors (Lipinski definition) is 3. The molecular weight excluding hydrogens is 370 g/mol. The minimum Gasteiger partial charge on any atom is -0.451 e. The number of furan rings is 1. The molecule has 1 aromatic heterocycles. The molecule has 0 aliphatic rings. The maximum absolute atomic E-state index is 12.2. The summed E-state index contributed by atoms with van der Waals surface area (Å²) in [5.41, 5.74) is 2.28. The molecule has 3 amide bonds. The van der Waals surface area contributed by atoms with Crippen LogP contribution in [0.4, 0.5) is 0 Å². The van der Waals surface area contributed by atoms with E-state index in [9.17, 15) is 14.4 Å². The summed E-state index contributed by atoms with van der Waals surface area (Å²) in [7, 11) is 1.49. The molecule has 0 aliphatic carbocycles. The molecule has 7 heteroatoms. The average molecular weight is 391 g/mol. The van der Waals surface area contributed by atoms with Gasteiger partial charge in [-0.05, 0) is 35.9 Å². The Morgan fingerprint density at radius 2 is 1.66 bits per heavy atom. The first-order valence-electron chi connectivity index (χ1n) is 9.08. The first kappa shape index (κ1) is 19.9. The van der Waals surface area contributed by atoms with Gasteiger partial charge >= 0.3 is 0 Å². The van der Waals surface area contributed by atoms with Crippen molar-refractivity contribution < 1.29 is 18.8 Å². The van der Waals surface area contributed by atoms with Crippen molar-refractivity contribution in [2.45, 2.75) is 6.54 Å². The second-order valence-corrected chi connectivity index (χ2v) is 6.27. The molecule has 0 radical (unpaired) electrons. The molecule has 3 rings (SSSR count). The maximum atomic E-state index is 12.2. The third-order valence-corrected chi connectivity index (χ3v) is 4.22. The Morgan fingerprint density at radius 1 is 0.862 bits per heavy atom. The summed E-state index contributed by atoms with van der Waals surface area (Å²) in [4.78, 5) is 35.5. The lowest BCUT2D eigenvalue weighted by Crippen LogP contribution is -2.34. The summed E-state index contributed by atoms with van der Waals surface area (Å²) in [5.74, 6) is -0.274. The molecule has 1 heterocycles. The largest absolute Gasteiger partial charge is 0.451 e. The van der Waals surface area contributed by atoms with Gasteiger partial charge in [0.1, 0.15) is 5.76 Å². The fourth-order valence-electron chi connectivity index (χ4n) is 2.66. The van der Waals surface area contributed by atoms with Crippen LogP contribution < -0.4 is 16.0 Å². The normalized spacial score (nSPS) is 10.2. The Bertz CT molecular complexity index is 1010. The SMILES string of the molecule is CNC(=O)CNC(=O)c1ccc(-c2cccc(CNC(=O)c3ccccc3)c2)o1. The van der Waals surface area contributed by atoms with Crippen LogP contribution in [0, 0.1) is 0 Å². The third-order valence-electron chi connectivity index (χ3n) is 4.22. The highest BCUT2D eigenvalue weighted by atomic mass is 16.3. The third kappa shape index (κ3) is 5.32. The predicted molar refractivity (Wildman–Crippen MR) is 108 cm³/mol. The zero-order chi connectivity index (χ0) is 20.6. The highest BCUT2D eigenvalue weighted by Gasteiger charge is 2.13. The molecule has 0 spiro atoms. The number of rotatable bonds is 7. The number of carbonyl (C=O) groups is 3. The summed E-state index contributed by atoms with van der Waals surface area (Å²) >= 11 is 0. The molecule has 0 aliphatic heterocycles. The van der Waals surface area contributed by atoms with E-state index in [-0.39, 0.29) is 24.1 Å². The highest BCUT2D eigenvalue weighted by molar-refractivity contribution is 5.95. The molecule has 0 atom stereocenters. The molecular formula is C22H21N3O4. The van der Waals surface area contributed by atoms with Gasteiger partial charge in [-0.25, -0.2) is 0 Å². The number of likely N-dealkylation sites (N-methyl/N-ethyl adjacent to an activating group) is 1. The van der Waals surface area contributed by atoms with Gasteiger partial charge in [0.15, 0.2) is 5.76 Å². The predicted octanol–water partition coefficient (Wildman–Crippen LogP) is 2.35. The van der Waals surface area contributed by atoms with E-state index in [1.165, 1.54) is 7.05 Å². The molecule has 3 aromatic rings. The standard InChI is InChI=1S/C22H21N3O4/c1-23-20(26)14-25-22(28)19-11-10-18(29-19)17-9-5-6-15(12-17)13-24-21(27)16-7-3-2-4-8-16/h2-12H,13-14H2,1H3,(H,23,26)(H,24,27)(H,25,28). The summed E-state index contributed by atoms with van der Waals surface area (Å²) in [6, 6.07) is 19.7. The number of hydrogen-bond acceptors (Lipinski definition) is 4. The first-order valence-corrected chi connectivity index (χ1v) is 9.08. The summed E-state index contributed by atoms with van der Waals surface area (Å²) < 4.78 is 5.62. The lowest BCUT2D eigenvalue weighted by molar-refractivity contribution is -0.119. The number of nitrogens with one attached hydrogen (secondary N) is 3. The van der Waals surface area contributed by atoms with Gasteiger partial charge in [0.05, 0.1) is 6.54 Å². The maximum Gasteiger partial charge on any atom is 0.287 e. The average Bonchev–Trinajstić information content (AvgIpc) is 3.27. The molecule has 0 saturated carbocycles. The quantitative estimate of drug-likeness (QED) is 0.576. The van der Waals surface area contributed by atoms with Crippen molar-refractivity contribution in [1.29, 1.82) is 0 Å². The van der Waals surface area contributed by atoms with E-state index < -0.39 is 5.91 Å². The molecule has 3 N–H and O–H groups in total. The molecule has 0 unspecified atom stereocenters. The van der Waals surface area contributed by atoms with Crippen molar-refractivity contribution in [3.8, 4) is 11.3 Å². The van der Waals surface area contributed by atoms with Crippen LogP contribution in [-0.4, -0.2) is 31.3 Å². The van der Waals surface area contributed by atoms with E-state index in [1.807, 2.05) is 42.5 Å². The number of benzene rings is 2. The van der Waals surface area contributed by atoms with E-state index in [0.29, 0.717) is 17.9 Å². The van der Waals surface area contributed by atoms with Gasteiger partial charge in [0.25, 0.3) is 11.8 Å². The lowest BCUT2D eigenvalue weighted by atomic mass is 10.1. The van der Waals surface area contributed by atoms with Crippen LogP contribution in [0.3, 0.4) is 0 Å². The van der Waals surface area contributed by atoms with Gasteiger partial charge in [0.2, 0.25) is 5.91 Å². The lowest BCUT2D eigenvalue weighted by Gasteiger charge is -2.07. The van der Waals surface area contributed by atoms with Crippen LogP contribution in [0.5, 0.6) is 0 Å². The van der Waals surface area contributed by atoms with E-state index in [1.54, 1.807) is 24.3 Å². The molecule has 2 aromatic carbocycles. The topological polar surface area (TPSA) is 100 Å². The Balaban J connectivity index is 1.64. The number of carbonyl (C=O) groups excluding carboxylic acids is 3. The van der Waals surface area contributed by atoms with E-state index in [4.69, 9.17) is 4.42 Å². The minimum atomic E-state index is -0.467. The van der Waals surface area contributed by atoms with Crippen molar-refractivity contribution in [3.05, 3.63) is 83.6 Å². The van der Waals surface area contributed by atoms with Crippen LogP contribution in [0.1, 0.15) is 26.5 Å². The molecule has 29 heavy (non-hydrogen) atoms. The van der Waals surface area contributed by atoms with E-state index in [0.717, 1.165) is 11.1 Å². The van der Waals surface area contributed by atoms with Gasteiger partial charge in [0, 0.05) is 24.7 Å². The summed E-state index contributed by atoms with van der Waals surface area (Å²) in [6.45, 7) is 0.240. The summed E-state index contributed by atoms with van der Waals surface area (Å²) in [5, 5.41) is 7.79. The highest BCUT2D eigenvalue weighted by Crippen LogP contribution is 2.23. The van der Waals surface area contributed by atoms with Crippen LogP contribution in [0.25, 0.3) is 11.3 Å². The Kier molecular flexibility index (Phi) is 6.42. The van der Waals surface area contributed by atoms with Crippen molar-refractivity contribution >= 4 is 17.7 Å². The Morgan fingerprint density at radius 3 is 2.41 bits per heavy atom. The smallest absolute Gasteiger partial charge is 0.287 e. The molecule has 0 bridgehead atoms. The van der Waals surface area contributed by atoms with Gasteiger partial charge in [-0.15, -0.1) is 0 Å². The second-order valence-electron chi connectivity index (χ2n) is 6.27. The number of amides is 3. The van der Waals surface area contributed by atoms with Crippen LogP contribution in [0.15, 0.2) is 71.1 Å².